The molecule has 2 heterocycles. The van der Waals surface area contributed by atoms with Crippen LogP contribution in [0.5, 0.6) is 0 Å². The minimum Gasteiger partial charge on any atom is -0.449 e. The maximum Gasteiger partial charge on any atom is 0.339 e. The number of piperidine rings is 1. The van der Waals surface area contributed by atoms with Gasteiger partial charge in [-0.15, -0.1) is 0 Å². The number of nitrogens with zero attached hydrogens (tertiary/aromatic N) is 2. The molecule has 154 valence electrons. The Kier molecular flexibility index (Phi) is 5.74. The first-order chi connectivity index (χ1) is 14.5. The zero-order valence-corrected chi connectivity index (χ0v) is 16.8. The van der Waals surface area contributed by atoms with Gasteiger partial charge in [0.15, 0.2) is 6.10 Å². The van der Waals surface area contributed by atoms with Crippen molar-refractivity contribution in [1.29, 1.82) is 0 Å². The molecule has 1 aliphatic heterocycles. The van der Waals surface area contributed by atoms with Gasteiger partial charge in [-0.3, -0.25) is 4.79 Å². The third-order valence-electron chi connectivity index (χ3n) is 5.38. The van der Waals surface area contributed by atoms with Gasteiger partial charge in [0, 0.05) is 24.0 Å². The lowest BCUT2D eigenvalue weighted by molar-refractivity contribution is -0.140. The summed E-state index contributed by atoms with van der Waals surface area (Å²) < 4.78 is 18.9. The Balaban J connectivity index is 1.64. The van der Waals surface area contributed by atoms with E-state index in [-0.39, 0.29) is 11.7 Å². The first kappa shape index (κ1) is 20.0. The summed E-state index contributed by atoms with van der Waals surface area (Å²) >= 11 is 0. The number of ether oxygens (including phenoxy) is 1. The van der Waals surface area contributed by atoms with Crippen LogP contribution < -0.4 is 0 Å². The maximum absolute atomic E-state index is 13.3. The second-order valence-corrected chi connectivity index (χ2v) is 7.51. The molecule has 0 saturated carbocycles. The van der Waals surface area contributed by atoms with E-state index in [4.69, 9.17) is 4.74 Å². The van der Waals surface area contributed by atoms with Crippen LogP contribution in [-0.4, -0.2) is 41.0 Å². The van der Waals surface area contributed by atoms with E-state index in [1.165, 1.54) is 12.1 Å². The number of amides is 1. The van der Waals surface area contributed by atoms with E-state index < -0.39 is 12.1 Å². The van der Waals surface area contributed by atoms with E-state index in [2.05, 4.69) is 4.98 Å². The average molecular weight is 406 g/mol. The van der Waals surface area contributed by atoms with E-state index in [0.717, 1.165) is 19.3 Å². The Hall–Kier alpha value is -3.28. The van der Waals surface area contributed by atoms with Crippen LogP contribution >= 0.6 is 0 Å². The van der Waals surface area contributed by atoms with Crippen LogP contribution in [0.3, 0.4) is 0 Å². The molecular formula is C24H23FN2O3. The molecule has 1 fully saturated rings. The van der Waals surface area contributed by atoms with Gasteiger partial charge in [-0.1, -0.05) is 18.2 Å². The van der Waals surface area contributed by atoms with Gasteiger partial charge in [0.05, 0.1) is 16.8 Å². The van der Waals surface area contributed by atoms with Crippen LogP contribution in [0.25, 0.3) is 22.2 Å². The number of rotatable bonds is 4. The van der Waals surface area contributed by atoms with Gasteiger partial charge >= 0.3 is 5.97 Å². The molecule has 0 aliphatic carbocycles. The number of pyridine rings is 1. The van der Waals surface area contributed by atoms with Crippen LogP contribution in [-0.2, 0) is 9.53 Å². The van der Waals surface area contributed by atoms with Crippen LogP contribution in [0.15, 0.2) is 54.6 Å². The summed E-state index contributed by atoms with van der Waals surface area (Å²) in [6.07, 6.45) is 2.20. The molecule has 4 rings (SSSR count). The smallest absolute Gasteiger partial charge is 0.339 e. The number of benzene rings is 2. The predicted molar refractivity (Wildman–Crippen MR) is 112 cm³/mol. The fourth-order valence-corrected chi connectivity index (χ4v) is 3.76. The number of likely N-dealkylation sites (tertiary alicyclic amines) is 1. The largest absolute Gasteiger partial charge is 0.449 e. The van der Waals surface area contributed by atoms with E-state index in [0.29, 0.717) is 40.8 Å². The number of carbonyl (C=O) groups is 2. The van der Waals surface area contributed by atoms with Gasteiger partial charge in [0.2, 0.25) is 0 Å². The SMILES string of the molecule is C[C@@H](OC(=O)c1cc(-c2ccc(F)cc2)nc2ccccc12)C(=O)N1CCCCC1. The number of hydrogen-bond donors (Lipinski definition) is 0. The highest BCUT2D eigenvalue weighted by Gasteiger charge is 2.26. The van der Waals surface area contributed by atoms with Gasteiger partial charge in [-0.05, 0) is 62.6 Å². The van der Waals surface area contributed by atoms with Crippen molar-refractivity contribution in [2.45, 2.75) is 32.3 Å². The van der Waals surface area contributed by atoms with Gasteiger partial charge in [0.1, 0.15) is 5.82 Å². The Bertz CT molecular complexity index is 1080. The van der Waals surface area contributed by atoms with Crippen molar-refractivity contribution < 1.29 is 18.7 Å². The Morgan fingerprint density at radius 3 is 2.47 bits per heavy atom. The van der Waals surface area contributed by atoms with E-state index in [1.54, 1.807) is 42.2 Å². The second-order valence-electron chi connectivity index (χ2n) is 7.51. The van der Waals surface area contributed by atoms with Crippen molar-refractivity contribution in [3.8, 4) is 11.3 Å². The summed E-state index contributed by atoms with van der Waals surface area (Å²) in [6.45, 7) is 3.01. The van der Waals surface area contributed by atoms with Crippen molar-refractivity contribution in [2.24, 2.45) is 0 Å². The highest BCUT2D eigenvalue weighted by Crippen LogP contribution is 2.26. The summed E-state index contributed by atoms with van der Waals surface area (Å²) in [5.74, 6) is -1.08. The molecule has 3 aromatic rings. The molecule has 2 aromatic carbocycles. The monoisotopic (exact) mass is 406 g/mol. The van der Waals surface area contributed by atoms with Crippen LogP contribution in [0, 0.1) is 5.82 Å². The molecule has 0 unspecified atom stereocenters. The molecule has 30 heavy (non-hydrogen) atoms. The average Bonchev–Trinajstić information content (AvgIpc) is 2.78. The molecule has 0 spiro atoms. The summed E-state index contributed by atoms with van der Waals surface area (Å²) in [4.78, 5) is 32.0. The maximum atomic E-state index is 13.3. The normalized spacial score (nSPS) is 15.1. The van der Waals surface area contributed by atoms with Crippen LogP contribution in [0.2, 0.25) is 0 Å². The van der Waals surface area contributed by atoms with Crippen molar-refractivity contribution >= 4 is 22.8 Å². The summed E-state index contributed by atoms with van der Waals surface area (Å²) in [6, 6.07) is 14.8. The molecular weight excluding hydrogens is 383 g/mol. The fourth-order valence-electron chi connectivity index (χ4n) is 3.76. The molecule has 1 atom stereocenters. The number of carbonyl (C=O) groups excluding carboxylic acids is 2. The third kappa shape index (κ3) is 4.17. The summed E-state index contributed by atoms with van der Waals surface area (Å²) in [7, 11) is 0. The number of esters is 1. The summed E-state index contributed by atoms with van der Waals surface area (Å²) in [5.41, 5.74) is 2.18. The highest BCUT2D eigenvalue weighted by molar-refractivity contribution is 6.05. The van der Waals surface area contributed by atoms with Crippen molar-refractivity contribution in [2.75, 3.05) is 13.1 Å². The zero-order valence-electron chi connectivity index (χ0n) is 16.8. The molecule has 1 aliphatic rings. The third-order valence-corrected chi connectivity index (χ3v) is 5.38. The summed E-state index contributed by atoms with van der Waals surface area (Å²) in [5, 5.41) is 0.644. The molecule has 6 heteroatoms. The molecule has 1 amide bonds. The Morgan fingerprint density at radius 1 is 1.03 bits per heavy atom. The van der Waals surface area contributed by atoms with E-state index >= 15 is 0 Å². The first-order valence-corrected chi connectivity index (χ1v) is 10.2. The lowest BCUT2D eigenvalue weighted by Gasteiger charge is -2.29. The first-order valence-electron chi connectivity index (χ1n) is 10.2. The molecule has 1 saturated heterocycles. The quantitative estimate of drug-likeness (QED) is 0.594. The van der Waals surface area contributed by atoms with Crippen LogP contribution in [0.1, 0.15) is 36.5 Å². The standard InChI is InChI=1S/C24H23FN2O3/c1-16(23(28)27-13-5-2-6-14-27)30-24(29)20-15-22(17-9-11-18(25)12-10-17)26-21-8-4-3-7-19(20)21/h3-4,7-12,15-16H,2,5-6,13-14H2,1H3/t16-/m1/s1. The van der Waals surface area contributed by atoms with Crippen molar-refractivity contribution in [3.05, 3.63) is 66.0 Å². The van der Waals surface area contributed by atoms with Crippen molar-refractivity contribution in [1.82, 2.24) is 9.88 Å². The van der Waals surface area contributed by atoms with Gasteiger partial charge in [0.25, 0.3) is 5.91 Å². The molecule has 0 radical (unpaired) electrons. The van der Waals surface area contributed by atoms with Gasteiger partial charge < -0.3 is 9.64 Å². The van der Waals surface area contributed by atoms with Crippen molar-refractivity contribution in [3.63, 3.8) is 0 Å². The zero-order chi connectivity index (χ0) is 21.1. The molecule has 1 aromatic heterocycles. The Labute approximate surface area is 174 Å². The molecule has 5 nitrogen and oxygen atoms in total. The number of fused-ring (bicyclic) bond motifs is 1. The number of para-hydroxylation sites is 1. The Morgan fingerprint density at radius 2 is 1.73 bits per heavy atom. The lowest BCUT2D eigenvalue weighted by atomic mass is 10.0. The number of halogens is 1. The number of aromatic nitrogens is 1. The van der Waals surface area contributed by atoms with E-state index in [9.17, 15) is 14.0 Å². The molecule has 0 N–H and O–H groups in total. The highest BCUT2D eigenvalue weighted by atomic mass is 19.1. The van der Waals surface area contributed by atoms with E-state index in [1.807, 2.05) is 12.1 Å². The van der Waals surface area contributed by atoms with Gasteiger partial charge in [-0.2, -0.15) is 0 Å². The second kappa shape index (κ2) is 8.61. The molecule has 0 bridgehead atoms. The van der Waals surface area contributed by atoms with Crippen LogP contribution in [0.4, 0.5) is 4.39 Å². The fraction of sp³-hybridized carbons (Fsp3) is 0.292. The number of hydrogen-bond acceptors (Lipinski definition) is 4. The minimum atomic E-state index is -0.864. The lowest BCUT2D eigenvalue weighted by Crippen LogP contribution is -2.42. The predicted octanol–water partition coefficient (Wildman–Crippen LogP) is 4.60. The minimum absolute atomic E-state index is 0.167. The topological polar surface area (TPSA) is 59.5 Å². The van der Waals surface area contributed by atoms with Gasteiger partial charge in [-0.25, -0.2) is 14.2 Å².